The molecule has 1 aliphatic rings. The topological polar surface area (TPSA) is 57.7 Å². The summed E-state index contributed by atoms with van der Waals surface area (Å²) < 4.78 is 18.6. The molecule has 2 aromatic carbocycles. The van der Waals surface area contributed by atoms with E-state index in [1.165, 1.54) is 23.5 Å². The van der Waals surface area contributed by atoms with Crippen molar-refractivity contribution in [3.05, 3.63) is 70.4 Å². The molecule has 2 heterocycles. The van der Waals surface area contributed by atoms with Crippen LogP contribution in [0.2, 0.25) is 0 Å². The molecule has 1 saturated heterocycles. The summed E-state index contributed by atoms with van der Waals surface area (Å²) in [5.74, 6) is 0.183. The molecule has 1 fully saturated rings. The molecule has 0 aliphatic carbocycles. The molecule has 4 rings (SSSR count). The van der Waals surface area contributed by atoms with Crippen LogP contribution in [0.4, 0.5) is 15.8 Å². The third-order valence-electron chi connectivity index (χ3n) is 5.46. The summed E-state index contributed by atoms with van der Waals surface area (Å²) in [6.45, 7) is 7.49. The zero-order valence-corrected chi connectivity index (χ0v) is 18.9. The largest absolute Gasteiger partial charge is 0.486 e. The van der Waals surface area contributed by atoms with Gasteiger partial charge in [0.25, 0.3) is 0 Å². The Hall–Kier alpha value is -2.97. The molecule has 1 amide bonds. The van der Waals surface area contributed by atoms with E-state index in [4.69, 9.17) is 4.74 Å². The second-order valence-electron chi connectivity index (χ2n) is 7.64. The van der Waals surface area contributed by atoms with Gasteiger partial charge in [-0.3, -0.25) is 4.79 Å². The van der Waals surface area contributed by atoms with Gasteiger partial charge >= 0.3 is 0 Å². The number of piperazine rings is 1. The fourth-order valence-corrected chi connectivity index (χ4v) is 4.40. The average Bonchev–Trinajstić information content (AvgIpc) is 3.26. The number of ether oxygens (including phenoxy) is 1. The molecule has 32 heavy (non-hydrogen) atoms. The van der Waals surface area contributed by atoms with Gasteiger partial charge in [-0.15, -0.1) is 11.3 Å². The van der Waals surface area contributed by atoms with Crippen molar-refractivity contribution in [1.29, 1.82) is 0 Å². The molecule has 8 heteroatoms. The first-order valence-electron chi connectivity index (χ1n) is 10.8. The molecule has 1 N–H and O–H groups in total. The van der Waals surface area contributed by atoms with Crippen molar-refractivity contribution in [3.8, 4) is 5.75 Å². The maximum Gasteiger partial charge on any atom is 0.230 e. The summed E-state index contributed by atoms with van der Waals surface area (Å²) >= 11 is 1.45. The summed E-state index contributed by atoms with van der Waals surface area (Å²) in [5.41, 5.74) is 2.60. The van der Waals surface area contributed by atoms with E-state index < -0.39 is 0 Å². The number of rotatable bonds is 8. The Morgan fingerprint density at radius 3 is 2.62 bits per heavy atom. The highest BCUT2D eigenvalue weighted by Crippen LogP contribution is 2.27. The van der Waals surface area contributed by atoms with Crippen LogP contribution in [-0.4, -0.2) is 48.5 Å². The van der Waals surface area contributed by atoms with E-state index in [0.29, 0.717) is 11.4 Å². The lowest BCUT2D eigenvalue weighted by Crippen LogP contribution is -2.46. The predicted octanol–water partition coefficient (Wildman–Crippen LogP) is 4.18. The first-order valence-corrected chi connectivity index (χ1v) is 11.7. The third-order valence-corrected chi connectivity index (χ3v) is 6.33. The zero-order valence-electron chi connectivity index (χ0n) is 18.1. The van der Waals surface area contributed by atoms with Crippen LogP contribution in [0.5, 0.6) is 5.75 Å². The molecule has 168 valence electrons. The number of para-hydroxylation sites is 2. The molecule has 0 unspecified atom stereocenters. The molecule has 0 bridgehead atoms. The fraction of sp³-hybridized carbons (Fsp3) is 0.333. The molecule has 1 aromatic heterocycles. The number of carbonyl (C=O) groups excluding carboxylic acids is 1. The molecule has 0 spiro atoms. The van der Waals surface area contributed by atoms with Crippen LogP contribution in [0.25, 0.3) is 0 Å². The second kappa shape index (κ2) is 10.6. The quantitative estimate of drug-likeness (QED) is 0.553. The Morgan fingerprint density at radius 2 is 1.88 bits per heavy atom. The Morgan fingerprint density at radius 1 is 1.12 bits per heavy atom. The van der Waals surface area contributed by atoms with Crippen molar-refractivity contribution >= 4 is 28.6 Å². The highest BCUT2D eigenvalue weighted by Gasteiger charge is 2.19. The molecule has 0 atom stereocenters. The number of anilines is 2. The van der Waals surface area contributed by atoms with Gasteiger partial charge in [0.05, 0.1) is 23.5 Å². The molecule has 0 radical (unpaired) electrons. The van der Waals surface area contributed by atoms with Gasteiger partial charge in [0.2, 0.25) is 5.91 Å². The number of halogens is 1. The molecule has 3 aromatic rings. The SMILES string of the molecule is CCN1CCN(c2ccccc2NC(=O)Cc2csc(COc3ccc(F)cc3)n2)CC1. The number of hydrogen-bond acceptors (Lipinski definition) is 6. The smallest absolute Gasteiger partial charge is 0.230 e. The van der Waals surface area contributed by atoms with Crippen LogP contribution in [0, 0.1) is 5.82 Å². The first-order chi connectivity index (χ1) is 15.6. The van der Waals surface area contributed by atoms with Gasteiger partial charge < -0.3 is 19.9 Å². The normalized spacial score (nSPS) is 14.4. The summed E-state index contributed by atoms with van der Waals surface area (Å²) in [6.07, 6.45) is 0.199. The number of likely N-dealkylation sites (N-methyl/N-ethyl adjacent to an activating group) is 1. The molecular weight excluding hydrogens is 427 g/mol. The van der Waals surface area contributed by atoms with Crippen molar-refractivity contribution in [2.24, 2.45) is 0 Å². The predicted molar refractivity (Wildman–Crippen MR) is 126 cm³/mol. The lowest BCUT2D eigenvalue weighted by Gasteiger charge is -2.36. The van der Waals surface area contributed by atoms with Crippen LogP contribution in [0.1, 0.15) is 17.6 Å². The lowest BCUT2D eigenvalue weighted by atomic mass is 10.2. The number of hydrogen-bond donors (Lipinski definition) is 1. The van der Waals surface area contributed by atoms with E-state index in [1.807, 2.05) is 23.6 Å². The monoisotopic (exact) mass is 454 g/mol. The number of nitrogens with zero attached hydrogens (tertiary/aromatic N) is 3. The van der Waals surface area contributed by atoms with Crippen LogP contribution in [-0.2, 0) is 17.8 Å². The van der Waals surface area contributed by atoms with Crippen molar-refractivity contribution in [2.75, 3.05) is 42.9 Å². The maximum atomic E-state index is 13.0. The van der Waals surface area contributed by atoms with E-state index in [2.05, 4.69) is 33.1 Å². The van der Waals surface area contributed by atoms with Crippen LogP contribution >= 0.6 is 11.3 Å². The van der Waals surface area contributed by atoms with Gasteiger partial charge in [-0.05, 0) is 42.9 Å². The van der Waals surface area contributed by atoms with E-state index in [1.54, 1.807) is 12.1 Å². The van der Waals surface area contributed by atoms with Gasteiger partial charge in [-0.2, -0.15) is 0 Å². The molecule has 1 aliphatic heterocycles. The lowest BCUT2D eigenvalue weighted by molar-refractivity contribution is -0.115. The molecule has 6 nitrogen and oxygen atoms in total. The van der Waals surface area contributed by atoms with Crippen molar-refractivity contribution in [3.63, 3.8) is 0 Å². The van der Waals surface area contributed by atoms with Gasteiger partial charge in [-0.25, -0.2) is 9.37 Å². The number of benzene rings is 2. The summed E-state index contributed by atoms with van der Waals surface area (Å²) in [4.78, 5) is 21.9. The summed E-state index contributed by atoms with van der Waals surface area (Å²) in [6, 6.07) is 13.8. The number of amides is 1. The number of aromatic nitrogens is 1. The minimum Gasteiger partial charge on any atom is -0.486 e. The van der Waals surface area contributed by atoms with Crippen LogP contribution < -0.4 is 15.0 Å². The van der Waals surface area contributed by atoms with Crippen molar-refractivity contribution in [1.82, 2.24) is 9.88 Å². The van der Waals surface area contributed by atoms with E-state index in [9.17, 15) is 9.18 Å². The van der Waals surface area contributed by atoms with Gasteiger partial charge in [0.15, 0.2) is 0 Å². The Bertz CT molecular complexity index is 1030. The summed E-state index contributed by atoms with van der Waals surface area (Å²) in [7, 11) is 0. The maximum absolute atomic E-state index is 13.0. The van der Waals surface area contributed by atoms with Crippen LogP contribution in [0.3, 0.4) is 0 Å². The minimum absolute atomic E-state index is 0.0963. The van der Waals surface area contributed by atoms with Gasteiger partial charge in [0, 0.05) is 31.6 Å². The number of nitrogens with one attached hydrogen (secondary N) is 1. The van der Waals surface area contributed by atoms with E-state index >= 15 is 0 Å². The van der Waals surface area contributed by atoms with E-state index in [-0.39, 0.29) is 24.8 Å². The van der Waals surface area contributed by atoms with Gasteiger partial charge in [-0.1, -0.05) is 19.1 Å². The van der Waals surface area contributed by atoms with Crippen molar-refractivity contribution < 1.29 is 13.9 Å². The first kappa shape index (κ1) is 22.2. The average molecular weight is 455 g/mol. The fourth-order valence-electron chi connectivity index (χ4n) is 3.69. The van der Waals surface area contributed by atoms with Crippen molar-refractivity contribution in [2.45, 2.75) is 20.0 Å². The highest BCUT2D eigenvalue weighted by molar-refractivity contribution is 7.09. The Kier molecular flexibility index (Phi) is 7.34. The van der Waals surface area contributed by atoms with Gasteiger partial charge in [0.1, 0.15) is 23.2 Å². The summed E-state index contributed by atoms with van der Waals surface area (Å²) in [5, 5.41) is 5.70. The highest BCUT2D eigenvalue weighted by atomic mass is 32.1. The molecular formula is C24H27FN4O2S. The Labute approximate surface area is 191 Å². The zero-order chi connectivity index (χ0) is 22.3. The standard InChI is InChI=1S/C24H27FN4O2S/c1-2-28-11-13-29(14-12-28)22-6-4-3-5-21(22)27-23(30)15-19-17-32-24(26-19)16-31-20-9-7-18(25)8-10-20/h3-10,17H,2,11-16H2,1H3,(H,27,30). The van der Waals surface area contributed by atoms with Crippen LogP contribution in [0.15, 0.2) is 53.9 Å². The van der Waals surface area contributed by atoms with E-state index in [0.717, 1.165) is 49.1 Å². The number of carbonyl (C=O) groups is 1. The minimum atomic E-state index is -0.301. The second-order valence-corrected chi connectivity index (χ2v) is 8.58. The molecule has 0 saturated carbocycles. The number of thiazole rings is 1. The third kappa shape index (κ3) is 5.83. The Balaban J connectivity index is 1.32.